The van der Waals surface area contributed by atoms with E-state index < -0.39 is 57.4 Å². The topological polar surface area (TPSA) is 9.23 Å². The molecule has 1 nitrogen and oxygen atoms in total. The van der Waals surface area contributed by atoms with Crippen LogP contribution in [-0.4, -0.2) is 14.4 Å². The Morgan fingerprint density at radius 1 is 0.682 bits per heavy atom. The third kappa shape index (κ3) is 2.62. The molecule has 0 bridgehead atoms. The Labute approximate surface area is 120 Å². The summed E-state index contributed by atoms with van der Waals surface area (Å²) in [5, 5.41) is 0. The van der Waals surface area contributed by atoms with Crippen molar-refractivity contribution in [3.05, 3.63) is 52.9 Å². The van der Waals surface area contributed by atoms with Crippen molar-refractivity contribution >= 4 is 18.2 Å². The Balaban J connectivity index is 2.62. The van der Waals surface area contributed by atoms with Crippen LogP contribution in [0.5, 0.6) is 5.75 Å². The second-order valence-corrected chi connectivity index (χ2v) is 4.13. The zero-order chi connectivity index (χ0) is 16.6. The van der Waals surface area contributed by atoms with Crippen LogP contribution in [-0.2, 0) is 0 Å². The van der Waals surface area contributed by atoms with Crippen molar-refractivity contribution in [2.75, 3.05) is 7.11 Å². The van der Waals surface area contributed by atoms with Gasteiger partial charge in [-0.05, 0) is 10.9 Å². The van der Waals surface area contributed by atoms with Crippen molar-refractivity contribution in [3.63, 3.8) is 0 Å². The fourth-order valence-electron chi connectivity index (χ4n) is 1.77. The fraction of sp³-hybridized carbons (Fsp3) is 0.0769. The smallest absolute Gasteiger partial charge is 0.207 e. The number of hydrogen-bond acceptors (Lipinski definition) is 1. The van der Waals surface area contributed by atoms with E-state index in [-0.39, 0.29) is 19.4 Å². The van der Waals surface area contributed by atoms with E-state index in [4.69, 9.17) is 0 Å². The molecular formula is C13H5BF7O. The van der Waals surface area contributed by atoms with Crippen LogP contribution in [0.4, 0.5) is 30.7 Å². The first-order valence-electron chi connectivity index (χ1n) is 5.67. The first-order chi connectivity index (χ1) is 10.3. The summed E-state index contributed by atoms with van der Waals surface area (Å²) in [5.41, 5.74) is -2.45. The lowest BCUT2D eigenvalue weighted by Crippen LogP contribution is -2.38. The molecule has 22 heavy (non-hydrogen) atoms. The molecule has 0 heterocycles. The maximum Gasteiger partial charge on any atom is 0.207 e. The lowest BCUT2D eigenvalue weighted by atomic mass is 9.62. The molecule has 9 heteroatoms. The first-order valence-corrected chi connectivity index (χ1v) is 5.67. The van der Waals surface area contributed by atoms with Gasteiger partial charge in [-0.25, -0.2) is 30.7 Å². The van der Waals surface area contributed by atoms with Gasteiger partial charge in [0.05, 0.1) is 7.11 Å². The number of rotatable bonds is 3. The zero-order valence-electron chi connectivity index (χ0n) is 10.8. The molecule has 2 aromatic carbocycles. The zero-order valence-corrected chi connectivity index (χ0v) is 10.8. The molecule has 0 aliphatic rings. The highest BCUT2D eigenvalue weighted by Gasteiger charge is 2.26. The minimum Gasteiger partial charge on any atom is -0.491 e. The van der Waals surface area contributed by atoms with E-state index in [1.807, 2.05) is 0 Å². The molecule has 2 rings (SSSR count). The van der Waals surface area contributed by atoms with Crippen molar-refractivity contribution in [2.24, 2.45) is 0 Å². The minimum atomic E-state index is -1.85. The average Bonchev–Trinajstić information content (AvgIpc) is 2.44. The Kier molecular flexibility index (Phi) is 4.34. The van der Waals surface area contributed by atoms with Crippen LogP contribution in [0.25, 0.3) is 0 Å². The van der Waals surface area contributed by atoms with E-state index in [0.717, 1.165) is 7.11 Å². The Morgan fingerprint density at radius 2 is 1.18 bits per heavy atom. The molecular weight excluding hydrogens is 316 g/mol. The van der Waals surface area contributed by atoms with Gasteiger partial charge in [0.2, 0.25) is 7.28 Å². The third-order valence-corrected chi connectivity index (χ3v) is 2.80. The Bertz CT molecular complexity index is 722. The second-order valence-electron chi connectivity index (χ2n) is 4.13. The molecule has 115 valence electrons. The van der Waals surface area contributed by atoms with E-state index in [1.165, 1.54) is 0 Å². The summed E-state index contributed by atoms with van der Waals surface area (Å²) >= 11 is 0. The molecule has 0 saturated carbocycles. The van der Waals surface area contributed by atoms with Crippen LogP contribution in [0.1, 0.15) is 0 Å². The number of methoxy groups -OCH3 is 1. The number of hydrogen-bond donors (Lipinski definition) is 0. The molecule has 0 saturated heterocycles. The molecule has 0 aliphatic carbocycles. The first kappa shape index (κ1) is 16.2. The van der Waals surface area contributed by atoms with Gasteiger partial charge in [0.15, 0.2) is 40.7 Å². The lowest BCUT2D eigenvalue weighted by Gasteiger charge is -2.11. The summed E-state index contributed by atoms with van der Waals surface area (Å²) in [7, 11) is 1.07. The van der Waals surface area contributed by atoms with Crippen LogP contribution in [0, 0.1) is 40.7 Å². The number of halogens is 7. The van der Waals surface area contributed by atoms with E-state index in [9.17, 15) is 30.7 Å². The predicted molar refractivity (Wildman–Crippen MR) is 64.2 cm³/mol. The standard InChI is InChI=1S/C13H5BF7O/c1-22-13-7(18)2-4(15)8(12(13)21)14-9-10(19)5(16)3-6(17)11(9)20/h2-3H,1H3. The fourth-order valence-corrected chi connectivity index (χ4v) is 1.77. The van der Waals surface area contributed by atoms with Crippen LogP contribution >= 0.6 is 0 Å². The van der Waals surface area contributed by atoms with Crippen molar-refractivity contribution < 1.29 is 35.5 Å². The van der Waals surface area contributed by atoms with Crippen LogP contribution in [0.2, 0.25) is 0 Å². The van der Waals surface area contributed by atoms with E-state index in [2.05, 4.69) is 4.74 Å². The third-order valence-electron chi connectivity index (χ3n) is 2.80. The van der Waals surface area contributed by atoms with Gasteiger partial charge in [-0.2, -0.15) is 0 Å². The molecule has 0 amide bonds. The van der Waals surface area contributed by atoms with Crippen molar-refractivity contribution in [3.8, 4) is 5.75 Å². The molecule has 0 aliphatic heterocycles. The monoisotopic (exact) mass is 321 g/mol. The van der Waals surface area contributed by atoms with E-state index in [1.54, 1.807) is 0 Å². The van der Waals surface area contributed by atoms with Gasteiger partial charge in [-0.15, -0.1) is 0 Å². The summed E-state index contributed by atoms with van der Waals surface area (Å²) < 4.78 is 98.1. The van der Waals surface area contributed by atoms with Crippen LogP contribution in [0.15, 0.2) is 12.1 Å². The number of ether oxygens (including phenoxy) is 1. The number of benzene rings is 2. The molecule has 0 aromatic heterocycles. The van der Waals surface area contributed by atoms with Crippen molar-refractivity contribution in [2.45, 2.75) is 0 Å². The second kappa shape index (κ2) is 5.90. The molecule has 0 spiro atoms. The van der Waals surface area contributed by atoms with Crippen molar-refractivity contribution in [1.82, 2.24) is 0 Å². The molecule has 0 N–H and O–H groups in total. The normalized spacial score (nSPS) is 10.7. The summed E-state index contributed by atoms with van der Waals surface area (Å²) in [4.78, 5) is 0. The highest BCUT2D eigenvalue weighted by Crippen LogP contribution is 2.21. The maximum atomic E-state index is 13.9. The quantitative estimate of drug-likeness (QED) is 0.479. The summed E-state index contributed by atoms with van der Waals surface area (Å²) in [5.74, 6) is -12.7. The molecule has 0 unspecified atom stereocenters. The summed E-state index contributed by atoms with van der Waals surface area (Å²) in [6.45, 7) is 0. The van der Waals surface area contributed by atoms with Gasteiger partial charge in [0.25, 0.3) is 0 Å². The average molecular weight is 321 g/mol. The highest BCUT2D eigenvalue weighted by atomic mass is 19.2. The Morgan fingerprint density at radius 3 is 1.68 bits per heavy atom. The van der Waals surface area contributed by atoms with Gasteiger partial charge in [-0.3, -0.25) is 0 Å². The van der Waals surface area contributed by atoms with Gasteiger partial charge in [0.1, 0.15) is 5.82 Å². The highest BCUT2D eigenvalue weighted by molar-refractivity contribution is 6.67. The molecule has 2 aromatic rings. The summed E-state index contributed by atoms with van der Waals surface area (Å²) in [6.07, 6.45) is 0. The van der Waals surface area contributed by atoms with Crippen molar-refractivity contribution in [1.29, 1.82) is 0 Å². The predicted octanol–water partition coefficient (Wildman–Crippen LogP) is 2.32. The van der Waals surface area contributed by atoms with E-state index in [0.29, 0.717) is 0 Å². The Hall–Kier alpha value is -2.19. The molecule has 0 fully saturated rings. The lowest BCUT2D eigenvalue weighted by molar-refractivity contribution is 0.358. The van der Waals surface area contributed by atoms with Gasteiger partial charge >= 0.3 is 0 Å². The van der Waals surface area contributed by atoms with Crippen LogP contribution < -0.4 is 15.7 Å². The maximum absolute atomic E-state index is 13.9. The van der Waals surface area contributed by atoms with Crippen LogP contribution in [0.3, 0.4) is 0 Å². The van der Waals surface area contributed by atoms with Gasteiger partial charge in [-0.1, -0.05) is 0 Å². The largest absolute Gasteiger partial charge is 0.491 e. The molecule has 1 radical (unpaired) electrons. The van der Waals surface area contributed by atoms with Gasteiger partial charge < -0.3 is 4.74 Å². The SMILES string of the molecule is COc1c(F)cc(F)c([B]c2c(F)c(F)cc(F)c2F)c1F. The van der Waals surface area contributed by atoms with Gasteiger partial charge in [0, 0.05) is 12.1 Å². The minimum absolute atomic E-state index is 0.0556. The summed E-state index contributed by atoms with van der Waals surface area (Å²) in [6, 6.07) is 0.152. The van der Waals surface area contributed by atoms with E-state index >= 15 is 0 Å². The molecule has 0 atom stereocenters.